The summed E-state index contributed by atoms with van der Waals surface area (Å²) in [5.41, 5.74) is 0.216. The molecule has 1 aromatic heterocycles. The van der Waals surface area contributed by atoms with Crippen LogP contribution in [-0.2, 0) is 16.6 Å². The van der Waals surface area contributed by atoms with Crippen LogP contribution in [0.3, 0.4) is 0 Å². The minimum Gasteiger partial charge on any atom is -0.496 e. The molecule has 0 saturated heterocycles. The minimum absolute atomic E-state index is 0.0591. The van der Waals surface area contributed by atoms with Gasteiger partial charge in [-0.25, -0.2) is 13.1 Å². The van der Waals surface area contributed by atoms with Crippen molar-refractivity contribution >= 4 is 15.9 Å². The molecule has 2 aromatic rings. The maximum absolute atomic E-state index is 12.3. The Morgan fingerprint density at radius 2 is 1.80 bits per heavy atom. The van der Waals surface area contributed by atoms with Crippen molar-refractivity contribution in [2.45, 2.75) is 6.54 Å². The molecule has 0 unspecified atom stereocenters. The Bertz CT molecular complexity index is 780. The van der Waals surface area contributed by atoms with Gasteiger partial charge in [0.05, 0.1) is 32.8 Å². The molecular formula is C16H20N2O6S. The number of sulfonamides is 1. The number of hydrogen-bond donors (Lipinski definition) is 2. The van der Waals surface area contributed by atoms with E-state index in [0.717, 1.165) is 0 Å². The standard InChI is InChI=1S/C16H20N2O6S/c1-22-13-6-3-7-14(23-2)15(13)16(19)17-8-10-25(20,21)18-11-12-5-4-9-24-12/h3-7,9,18H,8,10-11H2,1-2H3,(H,17,19). The third-order valence-corrected chi connectivity index (χ3v) is 4.68. The molecule has 1 heterocycles. The van der Waals surface area contributed by atoms with Gasteiger partial charge in [0.2, 0.25) is 10.0 Å². The molecule has 0 atom stereocenters. The molecule has 2 N–H and O–H groups in total. The molecule has 0 radical (unpaired) electrons. The number of furan rings is 1. The van der Waals surface area contributed by atoms with Crippen LogP contribution in [0.15, 0.2) is 41.0 Å². The fraction of sp³-hybridized carbons (Fsp3) is 0.312. The monoisotopic (exact) mass is 368 g/mol. The summed E-state index contributed by atoms with van der Waals surface area (Å²) in [4.78, 5) is 12.3. The zero-order chi connectivity index (χ0) is 18.3. The Labute approximate surface area is 146 Å². The molecule has 1 amide bonds. The van der Waals surface area contributed by atoms with Gasteiger partial charge in [0.15, 0.2) is 0 Å². The SMILES string of the molecule is COc1cccc(OC)c1C(=O)NCCS(=O)(=O)NCc1ccco1. The van der Waals surface area contributed by atoms with Crippen molar-refractivity contribution in [1.29, 1.82) is 0 Å². The second kappa shape index (κ2) is 8.54. The van der Waals surface area contributed by atoms with Gasteiger partial charge in [-0.3, -0.25) is 4.79 Å². The van der Waals surface area contributed by atoms with Crippen LogP contribution < -0.4 is 19.5 Å². The summed E-state index contributed by atoms with van der Waals surface area (Å²) in [7, 11) is -0.676. The highest BCUT2D eigenvalue weighted by atomic mass is 32.2. The third kappa shape index (κ3) is 5.23. The quantitative estimate of drug-likeness (QED) is 0.687. The first-order valence-electron chi connectivity index (χ1n) is 7.45. The Morgan fingerprint density at radius 1 is 1.12 bits per heavy atom. The van der Waals surface area contributed by atoms with Gasteiger partial charge in [-0.15, -0.1) is 0 Å². The van der Waals surface area contributed by atoms with Gasteiger partial charge in [-0.05, 0) is 24.3 Å². The first kappa shape index (κ1) is 18.8. The lowest BCUT2D eigenvalue weighted by molar-refractivity contribution is 0.0950. The van der Waals surface area contributed by atoms with Crippen molar-refractivity contribution in [3.05, 3.63) is 47.9 Å². The van der Waals surface area contributed by atoms with Crippen molar-refractivity contribution in [1.82, 2.24) is 10.0 Å². The van der Waals surface area contributed by atoms with E-state index in [-0.39, 0.29) is 24.4 Å². The Morgan fingerprint density at radius 3 is 2.36 bits per heavy atom. The van der Waals surface area contributed by atoms with E-state index in [0.29, 0.717) is 17.3 Å². The smallest absolute Gasteiger partial charge is 0.258 e. The molecule has 1 aromatic carbocycles. The van der Waals surface area contributed by atoms with Crippen LogP contribution >= 0.6 is 0 Å². The molecule has 8 nitrogen and oxygen atoms in total. The molecular weight excluding hydrogens is 348 g/mol. The lowest BCUT2D eigenvalue weighted by Crippen LogP contribution is -2.34. The highest BCUT2D eigenvalue weighted by Crippen LogP contribution is 2.27. The zero-order valence-corrected chi connectivity index (χ0v) is 14.8. The van der Waals surface area contributed by atoms with Crippen molar-refractivity contribution in [3.63, 3.8) is 0 Å². The van der Waals surface area contributed by atoms with Crippen molar-refractivity contribution in [2.75, 3.05) is 26.5 Å². The van der Waals surface area contributed by atoms with Gasteiger partial charge in [-0.2, -0.15) is 0 Å². The molecule has 136 valence electrons. The number of hydrogen-bond acceptors (Lipinski definition) is 6. The number of ether oxygens (including phenoxy) is 2. The van der Waals surface area contributed by atoms with E-state index < -0.39 is 15.9 Å². The van der Waals surface area contributed by atoms with Crippen molar-refractivity contribution in [3.8, 4) is 11.5 Å². The molecule has 0 saturated carbocycles. The van der Waals surface area contributed by atoms with Gasteiger partial charge < -0.3 is 19.2 Å². The number of amides is 1. The average Bonchev–Trinajstić information content (AvgIpc) is 3.12. The molecule has 25 heavy (non-hydrogen) atoms. The average molecular weight is 368 g/mol. The number of carbonyl (C=O) groups excluding carboxylic acids is 1. The third-order valence-electron chi connectivity index (χ3n) is 3.36. The van der Waals surface area contributed by atoms with E-state index in [4.69, 9.17) is 13.9 Å². The zero-order valence-electron chi connectivity index (χ0n) is 13.9. The molecule has 0 aliphatic carbocycles. The van der Waals surface area contributed by atoms with Crippen LogP contribution in [0.1, 0.15) is 16.1 Å². The summed E-state index contributed by atoms with van der Waals surface area (Å²) >= 11 is 0. The van der Waals surface area contributed by atoms with Gasteiger partial charge >= 0.3 is 0 Å². The maximum Gasteiger partial charge on any atom is 0.258 e. The molecule has 0 fully saturated rings. The van der Waals surface area contributed by atoms with E-state index in [9.17, 15) is 13.2 Å². The highest BCUT2D eigenvalue weighted by molar-refractivity contribution is 7.89. The van der Waals surface area contributed by atoms with Crippen LogP contribution in [0.5, 0.6) is 11.5 Å². The largest absolute Gasteiger partial charge is 0.496 e. The number of methoxy groups -OCH3 is 2. The van der Waals surface area contributed by atoms with Gasteiger partial charge in [0, 0.05) is 6.54 Å². The Balaban J connectivity index is 1.92. The van der Waals surface area contributed by atoms with Gasteiger partial charge in [-0.1, -0.05) is 6.07 Å². The van der Waals surface area contributed by atoms with Gasteiger partial charge in [0.1, 0.15) is 22.8 Å². The molecule has 0 aliphatic rings. The molecule has 2 rings (SSSR count). The van der Waals surface area contributed by atoms with Crippen molar-refractivity contribution in [2.24, 2.45) is 0 Å². The van der Waals surface area contributed by atoms with Crippen LogP contribution in [0.4, 0.5) is 0 Å². The number of carbonyl (C=O) groups is 1. The molecule has 0 bridgehead atoms. The van der Waals surface area contributed by atoms with Gasteiger partial charge in [0.25, 0.3) is 5.91 Å². The summed E-state index contributed by atoms with van der Waals surface area (Å²) in [5, 5.41) is 2.56. The highest BCUT2D eigenvalue weighted by Gasteiger charge is 2.19. The topological polar surface area (TPSA) is 107 Å². The lowest BCUT2D eigenvalue weighted by atomic mass is 10.1. The molecule has 0 aliphatic heterocycles. The van der Waals surface area contributed by atoms with E-state index in [2.05, 4.69) is 10.0 Å². The second-order valence-electron chi connectivity index (χ2n) is 5.01. The normalized spacial score (nSPS) is 11.1. The predicted octanol–water partition coefficient (Wildman–Crippen LogP) is 1.15. The summed E-state index contributed by atoms with van der Waals surface area (Å²) < 4.78 is 41.6. The number of benzene rings is 1. The number of nitrogens with one attached hydrogen (secondary N) is 2. The summed E-state index contributed by atoms with van der Waals surface area (Å²) in [6.07, 6.45) is 1.46. The van der Waals surface area contributed by atoms with Crippen LogP contribution in [0.25, 0.3) is 0 Å². The van der Waals surface area contributed by atoms with Crippen LogP contribution in [0, 0.1) is 0 Å². The summed E-state index contributed by atoms with van der Waals surface area (Å²) in [5.74, 6) is 0.449. The molecule has 0 spiro atoms. The maximum atomic E-state index is 12.3. The Kier molecular flexibility index (Phi) is 6.43. The first-order chi connectivity index (χ1) is 12.0. The fourth-order valence-corrected chi connectivity index (χ4v) is 3.01. The minimum atomic E-state index is -3.55. The Hall–Kier alpha value is -2.52. The first-order valence-corrected chi connectivity index (χ1v) is 9.11. The van der Waals surface area contributed by atoms with E-state index >= 15 is 0 Å². The van der Waals surface area contributed by atoms with E-state index in [1.165, 1.54) is 20.5 Å². The van der Waals surface area contributed by atoms with Crippen molar-refractivity contribution < 1.29 is 27.1 Å². The lowest BCUT2D eigenvalue weighted by Gasteiger charge is -2.13. The second-order valence-corrected chi connectivity index (χ2v) is 6.94. The van der Waals surface area contributed by atoms with Crippen LogP contribution in [-0.4, -0.2) is 40.8 Å². The molecule has 9 heteroatoms. The van der Waals surface area contributed by atoms with E-state index in [1.54, 1.807) is 30.3 Å². The van der Waals surface area contributed by atoms with Crippen LogP contribution in [0.2, 0.25) is 0 Å². The summed E-state index contributed by atoms with van der Waals surface area (Å²) in [6, 6.07) is 8.28. The summed E-state index contributed by atoms with van der Waals surface area (Å²) in [6.45, 7) is -0.00284. The van der Waals surface area contributed by atoms with E-state index in [1.807, 2.05) is 0 Å². The predicted molar refractivity (Wildman–Crippen MR) is 91.2 cm³/mol. The number of rotatable bonds is 9. The fourth-order valence-electron chi connectivity index (χ4n) is 2.13.